The lowest BCUT2D eigenvalue weighted by atomic mass is 10.2. The molecule has 1 N–H and O–H groups in total. The molecule has 0 aromatic heterocycles. The molecule has 0 heterocycles. The highest BCUT2D eigenvalue weighted by Gasteiger charge is 2.15. The Labute approximate surface area is 121 Å². The largest absolute Gasteiger partial charge is 0.421 e. The molecule has 4 nitrogen and oxygen atoms in total. The molecule has 0 atom stereocenters. The van der Waals surface area contributed by atoms with Gasteiger partial charge in [-0.2, -0.15) is 0 Å². The van der Waals surface area contributed by atoms with Gasteiger partial charge in [-0.05, 0) is 24.3 Å². The van der Waals surface area contributed by atoms with Crippen molar-refractivity contribution in [3.8, 4) is 5.75 Å². The fourth-order valence-electron chi connectivity index (χ4n) is 1.68. The number of anilines is 1. The van der Waals surface area contributed by atoms with Crippen molar-refractivity contribution in [3.63, 3.8) is 0 Å². The molecule has 1 amide bonds. The number of amides is 1. The lowest BCUT2D eigenvalue weighted by molar-refractivity contribution is -0.115. The van der Waals surface area contributed by atoms with Crippen molar-refractivity contribution in [1.82, 2.24) is 0 Å². The Morgan fingerprint density at radius 1 is 1.10 bits per heavy atom. The number of hydrogen-bond acceptors (Lipinski definition) is 3. The Hall–Kier alpha value is -2.69. The van der Waals surface area contributed by atoms with Crippen LogP contribution >= 0.6 is 0 Å². The summed E-state index contributed by atoms with van der Waals surface area (Å²) < 4.78 is 18.7. The molecule has 21 heavy (non-hydrogen) atoms. The van der Waals surface area contributed by atoms with Gasteiger partial charge < -0.3 is 10.1 Å². The first-order valence-corrected chi connectivity index (χ1v) is 6.47. The molecule has 0 saturated heterocycles. The zero-order valence-corrected chi connectivity index (χ0v) is 11.4. The third kappa shape index (κ3) is 3.66. The Balaban J connectivity index is 2.22. The summed E-state index contributed by atoms with van der Waals surface area (Å²) in [6.07, 6.45) is 0.301. The smallest absolute Gasteiger partial charge is 0.346 e. The molecule has 0 aliphatic carbocycles. The minimum atomic E-state index is -0.814. The van der Waals surface area contributed by atoms with E-state index in [1.165, 1.54) is 24.3 Å². The van der Waals surface area contributed by atoms with Crippen LogP contribution in [0.25, 0.3) is 0 Å². The van der Waals surface area contributed by atoms with Crippen molar-refractivity contribution in [1.29, 1.82) is 0 Å². The first kappa shape index (κ1) is 14.7. The van der Waals surface area contributed by atoms with Gasteiger partial charge in [0.25, 0.3) is 0 Å². The minimum Gasteiger partial charge on any atom is -0.421 e. The number of esters is 1. The van der Waals surface area contributed by atoms with Gasteiger partial charge >= 0.3 is 5.97 Å². The van der Waals surface area contributed by atoms with Crippen molar-refractivity contribution in [3.05, 3.63) is 59.9 Å². The van der Waals surface area contributed by atoms with E-state index >= 15 is 0 Å². The monoisotopic (exact) mass is 287 g/mol. The van der Waals surface area contributed by atoms with E-state index in [0.717, 1.165) is 0 Å². The van der Waals surface area contributed by atoms with Crippen molar-refractivity contribution >= 4 is 17.6 Å². The van der Waals surface area contributed by atoms with Gasteiger partial charge in [0.1, 0.15) is 5.82 Å². The minimum absolute atomic E-state index is 0.158. The molecule has 0 radical (unpaired) electrons. The molecule has 2 aromatic carbocycles. The van der Waals surface area contributed by atoms with Crippen molar-refractivity contribution in [2.45, 2.75) is 13.3 Å². The van der Waals surface area contributed by atoms with E-state index in [4.69, 9.17) is 4.74 Å². The maximum Gasteiger partial charge on any atom is 0.346 e. The van der Waals surface area contributed by atoms with Gasteiger partial charge in [0.2, 0.25) is 5.91 Å². The van der Waals surface area contributed by atoms with Gasteiger partial charge in [-0.25, -0.2) is 9.18 Å². The quantitative estimate of drug-likeness (QED) is 0.692. The fourth-order valence-corrected chi connectivity index (χ4v) is 1.68. The molecule has 0 aliphatic rings. The maximum atomic E-state index is 13.5. The SMILES string of the molecule is CCC(=O)Nc1ccccc1OC(=O)c1ccccc1F. The van der Waals surface area contributed by atoms with Crippen LogP contribution in [-0.4, -0.2) is 11.9 Å². The molecule has 0 fully saturated rings. The summed E-state index contributed by atoms with van der Waals surface area (Å²) in [4.78, 5) is 23.4. The lowest BCUT2D eigenvalue weighted by Gasteiger charge is -2.11. The summed E-state index contributed by atoms with van der Waals surface area (Å²) >= 11 is 0. The highest BCUT2D eigenvalue weighted by Crippen LogP contribution is 2.25. The van der Waals surface area contributed by atoms with Crippen LogP contribution in [0.1, 0.15) is 23.7 Å². The average molecular weight is 287 g/mol. The number of benzene rings is 2. The number of halogens is 1. The van der Waals surface area contributed by atoms with E-state index in [0.29, 0.717) is 12.1 Å². The van der Waals surface area contributed by atoms with E-state index in [-0.39, 0.29) is 17.2 Å². The van der Waals surface area contributed by atoms with Gasteiger partial charge in [0, 0.05) is 6.42 Å². The Bertz CT molecular complexity index is 670. The number of para-hydroxylation sites is 2. The molecule has 108 valence electrons. The summed E-state index contributed by atoms with van der Waals surface area (Å²) in [6, 6.07) is 12.1. The summed E-state index contributed by atoms with van der Waals surface area (Å²) in [5.74, 6) is -1.50. The molecule has 2 aromatic rings. The second-order valence-electron chi connectivity index (χ2n) is 4.27. The van der Waals surface area contributed by atoms with Crippen LogP contribution in [0.2, 0.25) is 0 Å². The summed E-state index contributed by atoms with van der Waals surface area (Å²) in [6.45, 7) is 1.71. The average Bonchev–Trinajstić information content (AvgIpc) is 2.49. The van der Waals surface area contributed by atoms with Crippen LogP contribution in [-0.2, 0) is 4.79 Å². The van der Waals surface area contributed by atoms with E-state index in [9.17, 15) is 14.0 Å². The number of rotatable bonds is 4. The number of ether oxygens (including phenoxy) is 1. The lowest BCUT2D eigenvalue weighted by Crippen LogP contribution is -2.14. The summed E-state index contributed by atoms with van der Waals surface area (Å²) in [5, 5.41) is 2.62. The molecule has 0 aliphatic heterocycles. The highest BCUT2D eigenvalue weighted by molar-refractivity contribution is 5.95. The third-order valence-corrected chi connectivity index (χ3v) is 2.78. The number of carbonyl (C=O) groups is 2. The molecule has 0 unspecified atom stereocenters. The highest BCUT2D eigenvalue weighted by atomic mass is 19.1. The molecule has 0 spiro atoms. The van der Waals surface area contributed by atoms with Gasteiger partial charge in [-0.15, -0.1) is 0 Å². The fraction of sp³-hybridized carbons (Fsp3) is 0.125. The van der Waals surface area contributed by atoms with Crippen LogP contribution < -0.4 is 10.1 Å². The van der Waals surface area contributed by atoms with Crippen LogP contribution in [0.5, 0.6) is 5.75 Å². The van der Waals surface area contributed by atoms with E-state index < -0.39 is 11.8 Å². The number of carbonyl (C=O) groups excluding carboxylic acids is 2. The van der Waals surface area contributed by atoms with Crippen molar-refractivity contribution in [2.75, 3.05) is 5.32 Å². The zero-order valence-electron chi connectivity index (χ0n) is 11.4. The first-order valence-electron chi connectivity index (χ1n) is 6.47. The number of nitrogens with one attached hydrogen (secondary N) is 1. The van der Waals surface area contributed by atoms with Gasteiger partial charge in [0.05, 0.1) is 11.3 Å². The van der Waals surface area contributed by atoms with E-state index in [1.54, 1.807) is 31.2 Å². The molecule has 0 bridgehead atoms. The second kappa shape index (κ2) is 6.65. The van der Waals surface area contributed by atoms with E-state index in [2.05, 4.69) is 5.32 Å². The van der Waals surface area contributed by atoms with Gasteiger partial charge in [0.15, 0.2) is 5.75 Å². The van der Waals surface area contributed by atoms with Crippen LogP contribution in [0.4, 0.5) is 10.1 Å². The van der Waals surface area contributed by atoms with Crippen LogP contribution in [0.3, 0.4) is 0 Å². The van der Waals surface area contributed by atoms with Crippen LogP contribution in [0, 0.1) is 5.82 Å². The number of hydrogen-bond donors (Lipinski definition) is 1. The van der Waals surface area contributed by atoms with Crippen LogP contribution in [0.15, 0.2) is 48.5 Å². The Kier molecular flexibility index (Phi) is 4.66. The first-order chi connectivity index (χ1) is 10.1. The van der Waals surface area contributed by atoms with Gasteiger partial charge in [-0.3, -0.25) is 4.79 Å². The maximum absolute atomic E-state index is 13.5. The zero-order chi connectivity index (χ0) is 15.2. The molecule has 0 saturated carbocycles. The summed E-state index contributed by atoms with van der Waals surface area (Å²) in [5.41, 5.74) is 0.211. The van der Waals surface area contributed by atoms with Crippen molar-refractivity contribution < 1.29 is 18.7 Å². The van der Waals surface area contributed by atoms with Crippen molar-refractivity contribution in [2.24, 2.45) is 0 Å². The Morgan fingerprint density at radius 3 is 2.48 bits per heavy atom. The predicted octanol–water partition coefficient (Wildman–Crippen LogP) is 3.39. The molecular weight excluding hydrogens is 273 g/mol. The molecule has 5 heteroatoms. The standard InChI is InChI=1S/C16H14FNO3/c1-2-15(19)18-13-9-5-6-10-14(13)21-16(20)11-7-3-4-8-12(11)17/h3-10H,2H2,1H3,(H,18,19). The second-order valence-corrected chi connectivity index (χ2v) is 4.27. The normalized spacial score (nSPS) is 10.0. The third-order valence-electron chi connectivity index (χ3n) is 2.78. The van der Waals surface area contributed by atoms with E-state index in [1.807, 2.05) is 0 Å². The topological polar surface area (TPSA) is 55.4 Å². The summed E-state index contributed by atoms with van der Waals surface area (Å²) in [7, 11) is 0. The van der Waals surface area contributed by atoms with Gasteiger partial charge in [-0.1, -0.05) is 31.2 Å². The predicted molar refractivity (Wildman–Crippen MR) is 76.7 cm³/mol. The molecular formula is C16H14FNO3. The molecule has 2 rings (SSSR count). The Morgan fingerprint density at radius 2 is 1.76 bits per heavy atom.